The lowest BCUT2D eigenvalue weighted by atomic mass is 9.52. The lowest BCUT2D eigenvalue weighted by molar-refractivity contribution is 0.157. The van der Waals surface area contributed by atoms with Crippen molar-refractivity contribution in [1.82, 2.24) is 0 Å². The molecule has 1 aromatic carbocycles. The third kappa shape index (κ3) is 3.40. The summed E-state index contributed by atoms with van der Waals surface area (Å²) in [6, 6.07) is 6.75. The van der Waals surface area contributed by atoms with Crippen molar-refractivity contribution in [3.05, 3.63) is 29.3 Å². The highest BCUT2D eigenvalue weighted by molar-refractivity contribution is 6.54. The van der Waals surface area contributed by atoms with Gasteiger partial charge in [-0.25, -0.2) is 0 Å². The Morgan fingerprint density at radius 3 is 2.17 bits per heavy atom. The first-order chi connectivity index (χ1) is 8.19. The minimum Gasteiger partial charge on any atom is -0.0811 e. The van der Waals surface area contributed by atoms with E-state index in [0.717, 1.165) is 6.42 Å². The highest BCUT2D eigenvalue weighted by Crippen LogP contribution is 2.40. The summed E-state index contributed by atoms with van der Waals surface area (Å²) >= 11 is 0. The van der Waals surface area contributed by atoms with Crippen LogP contribution >= 0.6 is 0 Å². The van der Waals surface area contributed by atoms with Crippen molar-refractivity contribution in [1.29, 1.82) is 0 Å². The van der Waals surface area contributed by atoms with E-state index < -0.39 is 0 Å². The molecule has 100 valence electrons. The molecule has 0 aromatic heterocycles. The van der Waals surface area contributed by atoms with Gasteiger partial charge in [-0.2, -0.15) is 0 Å². The van der Waals surface area contributed by atoms with Crippen LogP contribution in [0.3, 0.4) is 0 Å². The molecular weight excluding hydrogens is 215 g/mol. The molecule has 0 atom stereocenters. The molecule has 18 heavy (non-hydrogen) atoms. The molecule has 0 aliphatic rings. The van der Waals surface area contributed by atoms with Gasteiger partial charge in [-0.15, -0.1) is 0 Å². The van der Waals surface area contributed by atoms with Gasteiger partial charge in [-0.05, 0) is 29.7 Å². The van der Waals surface area contributed by atoms with Crippen molar-refractivity contribution in [3.8, 4) is 0 Å². The van der Waals surface area contributed by atoms with Crippen LogP contribution < -0.4 is 5.46 Å². The van der Waals surface area contributed by atoms with Crippen molar-refractivity contribution < 1.29 is 0 Å². The van der Waals surface area contributed by atoms with Gasteiger partial charge in [-0.3, -0.25) is 0 Å². The van der Waals surface area contributed by atoms with Crippen LogP contribution in [0.25, 0.3) is 0 Å². The van der Waals surface area contributed by atoms with Crippen LogP contribution in [-0.4, -0.2) is 7.28 Å². The largest absolute Gasteiger partial charge is 0.158 e. The summed E-state index contributed by atoms with van der Waals surface area (Å²) in [4.78, 5) is 0. The number of hydrogen-bond donors (Lipinski definition) is 0. The molecule has 0 bridgehead atoms. The Morgan fingerprint density at radius 2 is 1.67 bits per heavy atom. The molecule has 0 radical (unpaired) electrons. The number of aryl methyl sites for hydroxylation is 1. The van der Waals surface area contributed by atoms with Crippen LogP contribution in [0, 0.1) is 17.8 Å². The molecule has 1 aromatic rings. The summed E-state index contributed by atoms with van der Waals surface area (Å²) in [5.74, 6) is 0. The minimum absolute atomic E-state index is 0.364. The van der Waals surface area contributed by atoms with Gasteiger partial charge in [0.1, 0.15) is 0 Å². The van der Waals surface area contributed by atoms with Gasteiger partial charge >= 0.3 is 0 Å². The lowest BCUT2D eigenvalue weighted by Gasteiger charge is -2.39. The Labute approximate surface area is 114 Å². The number of rotatable bonds is 4. The molecule has 0 heterocycles. The third-order valence-corrected chi connectivity index (χ3v) is 4.91. The van der Waals surface area contributed by atoms with Crippen molar-refractivity contribution in [3.63, 3.8) is 0 Å². The van der Waals surface area contributed by atoms with E-state index in [1.165, 1.54) is 19.2 Å². The second kappa shape index (κ2) is 5.51. The summed E-state index contributed by atoms with van der Waals surface area (Å²) in [6.45, 7) is 16.3. The topological polar surface area (TPSA) is 0 Å². The predicted octanol–water partition coefficient (Wildman–Crippen LogP) is 4.11. The van der Waals surface area contributed by atoms with Crippen LogP contribution in [0.2, 0.25) is 6.32 Å². The fraction of sp³-hybridized carbons (Fsp3) is 0.647. The Balaban J connectivity index is 2.85. The van der Waals surface area contributed by atoms with Crippen molar-refractivity contribution in [2.45, 2.75) is 61.2 Å². The monoisotopic (exact) mass is 244 g/mol. The molecule has 0 saturated carbocycles. The maximum absolute atomic E-state index is 2.40. The van der Waals surface area contributed by atoms with E-state index in [0.29, 0.717) is 10.8 Å². The molecule has 0 nitrogen and oxygen atoms in total. The Hall–Kier alpha value is -0.715. The summed E-state index contributed by atoms with van der Waals surface area (Å²) in [6.07, 6.45) is 2.41. The van der Waals surface area contributed by atoms with Crippen molar-refractivity contribution in [2.75, 3.05) is 0 Å². The van der Waals surface area contributed by atoms with E-state index in [4.69, 9.17) is 0 Å². The van der Waals surface area contributed by atoms with Crippen molar-refractivity contribution >= 4 is 12.7 Å². The molecule has 1 rings (SSSR count). The lowest BCUT2D eigenvalue weighted by Crippen LogP contribution is -2.34. The highest BCUT2D eigenvalue weighted by atomic mass is 14.3. The second-order valence-electron chi connectivity index (χ2n) is 7.20. The maximum atomic E-state index is 2.40. The van der Waals surface area contributed by atoms with Crippen LogP contribution in [0.15, 0.2) is 18.2 Å². The molecule has 0 unspecified atom stereocenters. The average molecular weight is 244 g/mol. The molecule has 0 aliphatic heterocycles. The minimum atomic E-state index is 0.364. The van der Waals surface area contributed by atoms with Crippen LogP contribution in [0.4, 0.5) is 0 Å². The number of hydrogen-bond acceptors (Lipinski definition) is 0. The van der Waals surface area contributed by atoms with Crippen molar-refractivity contribution in [2.24, 2.45) is 10.8 Å². The van der Waals surface area contributed by atoms with Gasteiger partial charge in [0.2, 0.25) is 0 Å². The molecule has 0 N–H and O–H groups in total. The van der Waals surface area contributed by atoms with E-state index in [1.54, 1.807) is 11.0 Å². The van der Waals surface area contributed by atoms with Gasteiger partial charge in [-0.1, -0.05) is 77.1 Å². The van der Waals surface area contributed by atoms with E-state index in [1.807, 2.05) is 0 Å². The fourth-order valence-electron chi connectivity index (χ4n) is 2.33. The Morgan fingerprint density at radius 1 is 1.06 bits per heavy atom. The fourth-order valence-corrected chi connectivity index (χ4v) is 2.33. The van der Waals surface area contributed by atoms with Crippen LogP contribution in [0.1, 0.15) is 52.7 Å². The van der Waals surface area contributed by atoms with Crippen LogP contribution in [-0.2, 0) is 6.42 Å². The Bertz CT molecular complexity index is 397. The first-order valence-electron chi connectivity index (χ1n) is 7.26. The summed E-state index contributed by atoms with van der Waals surface area (Å²) in [5.41, 5.74) is 5.30. The quantitative estimate of drug-likeness (QED) is 0.699. The van der Waals surface area contributed by atoms with Crippen LogP contribution in [0.5, 0.6) is 0 Å². The van der Waals surface area contributed by atoms with E-state index in [2.05, 4.69) is 66.7 Å². The van der Waals surface area contributed by atoms with Gasteiger partial charge in [0.05, 0.1) is 0 Å². The summed E-state index contributed by atoms with van der Waals surface area (Å²) in [7, 11) is 1.20. The van der Waals surface area contributed by atoms with E-state index in [9.17, 15) is 0 Å². The zero-order valence-corrected chi connectivity index (χ0v) is 13.4. The average Bonchev–Trinajstić information content (AvgIpc) is 2.25. The van der Waals surface area contributed by atoms with Gasteiger partial charge in [0.15, 0.2) is 7.28 Å². The van der Waals surface area contributed by atoms with Gasteiger partial charge in [0, 0.05) is 0 Å². The number of benzene rings is 1. The summed E-state index contributed by atoms with van der Waals surface area (Å²) in [5, 5.41) is 0. The first kappa shape index (κ1) is 15.3. The van der Waals surface area contributed by atoms with E-state index in [-0.39, 0.29) is 0 Å². The molecule has 0 amide bonds. The maximum Gasteiger partial charge on any atom is 0.158 e. The zero-order chi connectivity index (χ0) is 14.0. The second-order valence-corrected chi connectivity index (χ2v) is 7.20. The molecule has 0 aliphatic carbocycles. The zero-order valence-electron chi connectivity index (χ0n) is 13.4. The summed E-state index contributed by atoms with van der Waals surface area (Å²) < 4.78 is 0. The first-order valence-corrected chi connectivity index (χ1v) is 7.26. The third-order valence-electron chi connectivity index (χ3n) is 4.91. The molecule has 1 heteroatoms. The normalized spacial score (nSPS) is 12.6. The van der Waals surface area contributed by atoms with Gasteiger partial charge in [0.25, 0.3) is 0 Å². The highest BCUT2D eigenvalue weighted by Gasteiger charge is 2.32. The Kier molecular flexibility index (Phi) is 4.69. The SMILES string of the molecule is CCc1c(C)cccc1BCC(C)(C)C(C)(C)C. The molecular formula is C17H29B. The standard InChI is InChI=1S/C17H29B/c1-8-14-13(2)10-9-11-15(14)18-12-17(6,7)16(3,4)5/h9-11,18H,8,12H2,1-7H3. The predicted molar refractivity (Wildman–Crippen MR) is 85.4 cm³/mol. The van der Waals surface area contributed by atoms with Gasteiger partial charge < -0.3 is 0 Å². The molecule has 0 fully saturated rings. The smallest absolute Gasteiger partial charge is 0.0811 e. The molecule has 0 spiro atoms. The van der Waals surface area contributed by atoms with E-state index >= 15 is 0 Å². The molecule has 0 saturated heterocycles.